The number of imidazole rings is 1. The Morgan fingerprint density at radius 1 is 1.19 bits per heavy atom. The number of benzene rings is 1. The maximum absolute atomic E-state index is 14.7. The van der Waals surface area contributed by atoms with E-state index < -0.39 is 70.2 Å². The molecule has 15 heteroatoms. The summed E-state index contributed by atoms with van der Waals surface area (Å²) in [5, 5.41) is 6.44. The van der Waals surface area contributed by atoms with Crippen LogP contribution in [0.3, 0.4) is 0 Å². The number of hydrogen-bond acceptors (Lipinski definition) is 6. The summed E-state index contributed by atoms with van der Waals surface area (Å²) in [6.45, 7) is -2.56. The highest BCUT2D eigenvalue weighted by molar-refractivity contribution is 7.89. The number of fused-ring (bicyclic) bond motifs is 1. The van der Waals surface area contributed by atoms with E-state index in [1.165, 1.54) is 0 Å². The maximum atomic E-state index is 14.7. The van der Waals surface area contributed by atoms with Gasteiger partial charge in [0.05, 0.1) is 23.1 Å². The third-order valence-corrected chi connectivity index (χ3v) is 6.44. The fourth-order valence-electron chi connectivity index (χ4n) is 3.10. The molecule has 0 amide bonds. The van der Waals surface area contributed by atoms with Gasteiger partial charge in [-0.25, -0.2) is 35.7 Å². The second kappa shape index (κ2) is 7.40. The van der Waals surface area contributed by atoms with E-state index in [-0.39, 0.29) is 23.9 Å². The summed E-state index contributed by atoms with van der Waals surface area (Å²) >= 11 is 0. The number of hydrogen-bond donors (Lipinski definition) is 1. The second-order valence-electron chi connectivity index (χ2n) is 6.97. The van der Waals surface area contributed by atoms with Gasteiger partial charge in [-0.05, 0) is 18.9 Å². The van der Waals surface area contributed by atoms with Crippen LogP contribution in [0.15, 0.2) is 26.2 Å². The first-order valence-electron chi connectivity index (χ1n) is 8.85. The van der Waals surface area contributed by atoms with Crippen molar-refractivity contribution < 1.29 is 34.8 Å². The Morgan fingerprint density at radius 3 is 2.45 bits per heavy atom. The fourth-order valence-corrected chi connectivity index (χ4v) is 4.63. The van der Waals surface area contributed by atoms with Gasteiger partial charge >= 0.3 is 18.1 Å². The number of sulfonamides is 1. The number of rotatable bonds is 8. The molecular weight excluding hydrogens is 453 g/mol. The number of aromatic nitrogens is 4. The van der Waals surface area contributed by atoms with Crippen LogP contribution in [0.2, 0.25) is 0 Å². The Morgan fingerprint density at radius 2 is 1.90 bits per heavy atom. The lowest BCUT2D eigenvalue weighted by atomic mass is 10.3. The molecule has 1 saturated carbocycles. The van der Waals surface area contributed by atoms with Crippen molar-refractivity contribution in [2.45, 2.75) is 36.2 Å². The van der Waals surface area contributed by atoms with Crippen LogP contribution < -0.4 is 10.4 Å². The van der Waals surface area contributed by atoms with Gasteiger partial charge in [0.15, 0.2) is 0 Å². The lowest BCUT2D eigenvalue weighted by Gasteiger charge is -2.14. The third-order valence-electron chi connectivity index (χ3n) is 4.85. The van der Waals surface area contributed by atoms with E-state index in [1.807, 2.05) is 0 Å². The molecule has 0 unspecified atom stereocenters. The van der Waals surface area contributed by atoms with Gasteiger partial charge in [-0.3, -0.25) is 4.57 Å². The van der Waals surface area contributed by atoms with Gasteiger partial charge in [-0.15, -0.1) is 5.10 Å². The number of aryl methyl sites for hydroxylation is 1. The van der Waals surface area contributed by atoms with Crippen molar-refractivity contribution in [3.63, 3.8) is 0 Å². The molecular formula is C16H14F5N5O4S. The summed E-state index contributed by atoms with van der Waals surface area (Å²) in [5.74, 6) is -2.39. The standard InChI is InChI=1S/C16H14F5N5O4S/c17-3-4-25-9-5-8(19)11(31(28,29)24-16(7-18)1-2-16)6-10(9)26(15(25)27)14-23-22-13(30-14)12(20)21/h5-6,12,24H,1-4,7H2. The quantitative estimate of drug-likeness (QED) is 0.508. The Hall–Kier alpha value is -2.81. The van der Waals surface area contributed by atoms with Crippen LogP contribution >= 0.6 is 0 Å². The van der Waals surface area contributed by atoms with E-state index in [4.69, 9.17) is 4.42 Å². The van der Waals surface area contributed by atoms with Gasteiger partial charge in [0.2, 0.25) is 10.0 Å². The summed E-state index contributed by atoms with van der Waals surface area (Å²) in [6.07, 6.45) is -2.70. The largest absolute Gasteiger partial charge is 0.401 e. The number of alkyl halides is 4. The molecule has 1 fully saturated rings. The molecule has 3 aromatic rings. The first kappa shape index (κ1) is 21.4. The molecule has 0 spiro atoms. The summed E-state index contributed by atoms with van der Waals surface area (Å²) in [6, 6.07) is 0.675. The zero-order valence-corrected chi connectivity index (χ0v) is 16.3. The van der Waals surface area contributed by atoms with Gasteiger partial charge in [0.25, 0.3) is 5.89 Å². The summed E-state index contributed by atoms with van der Waals surface area (Å²) in [7, 11) is -4.56. The second-order valence-corrected chi connectivity index (χ2v) is 8.62. The molecule has 0 aliphatic heterocycles. The minimum Gasteiger partial charge on any atom is -0.401 e. The Kier molecular flexibility index (Phi) is 5.12. The average molecular weight is 467 g/mol. The third kappa shape index (κ3) is 3.60. The highest BCUT2D eigenvalue weighted by atomic mass is 32.2. The monoisotopic (exact) mass is 467 g/mol. The predicted octanol–water partition coefficient (Wildman–Crippen LogP) is 2.00. The molecule has 1 aromatic carbocycles. The van der Waals surface area contributed by atoms with E-state index >= 15 is 0 Å². The maximum Gasteiger partial charge on any atom is 0.337 e. The fraction of sp³-hybridized carbons (Fsp3) is 0.438. The van der Waals surface area contributed by atoms with Crippen LogP contribution in [0.25, 0.3) is 17.0 Å². The van der Waals surface area contributed by atoms with Gasteiger partial charge in [0, 0.05) is 6.07 Å². The number of nitrogens with zero attached hydrogens (tertiary/aromatic N) is 4. The van der Waals surface area contributed by atoms with Crippen molar-refractivity contribution in [1.29, 1.82) is 0 Å². The first-order chi connectivity index (χ1) is 14.6. The van der Waals surface area contributed by atoms with E-state index in [1.54, 1.807) is 0 Å². The van der Waals surface area contributed by atoms with E-state index in [9.17, 15) is 35.2 Å². The predicted molar refractivity (Wildman–Crippen MR) is 94.5 cm³/mol. The van der Waals surface area contributed by atoms with Gasteiger partial charge in [-0.1, -0.05) is 5.10 Å². The normalized spacial score (nSPS) is 15.8. The summed E-state index contributed by atoms with van der Waals surface area (Å²) in [4.78, 5) is 11.8. The van der Waals surface area contributed by atoms with Crippen LogP contribution in [0.5, 0.6) is 0 Å². The van der Waals surface area contributed by atoms with Crippen molar-refractivity contribution in [3.8, 4) is 6.01 Å². The molecule has 0 bridgehead atoms. The number of halogens is 5. The van der Waals surface area contributed by atoms with Crippen molar-refractivity contribution in [2.24, 2.45) is 0 Å². The first-order valence-corrected chi connectivity index (χ1v) is 10.3. The summed E-state index contributed by atoms with van der Waals surface area (Å²) in [5.41, 5.74) is -2.91. The minimum atomic E-state index is -4.56. The Balaban J connectivity index is 1.94. The van der Waals surface area contributed by atoms with Crippen molar-refractivity contribution >= 4 is 21.1 Å². The van der Waals surface area contributed by atoms with Crippen molar-refractivity contribution in [3.05, 3.63) is 34.3 Å². The van der Waals surface area contributed by atoms with Gasteiger partial charge in [0.1, 0.15) is 24.1 Å². The molecule has 1 N–H and O–H groups in total. The van der Waals surface area contributed by atoms with E-state index in [0.29, 0.717) is 10.6 Å². The van der Waals surface area contributed by atoms with Crippen LogP contribution in [0.4, 0.5) is 22.0 Å². The lowest BCUT2D eigenvalue weighted by Crippen LogP contribution is -2.38. The Bertz CT molecular complexity index is 1310. The zero-order chi connectivity index (χ0) is 22.6. The van der Waals surface area contributed by atoms with Crippen LogP contribution in [-0.4, -0.2) is 46.6 Å². The average Bonchev–Trinajstić information content (AvgIpc) is 3.19. The number of nitrogens with one attached hydrogen (secondary N) is 1. The van der Waals surface area contributed by atoms with E-state index in [2.05, 4.69) is 14.9 Å². The van der Waals surface area contributed by atoms with Crippen molar-refractivity contribution in [2.75, 3.05) is 13.3 Å². The van der Waals surface area contributed by atoms with E-state index in [0.717, 1.165) is 10.6 Å². The summed E-state index contributed by atoms with van der Waals surface area (Å²) < 4.78 is 99.9. The van der Waals surface area contributed by atoms with Crippen LogP contribution in [0, 0.1) is 5.82 Å². The highest BCUT2D eigenvalue weighted by Crippen LogP contribution is 2.37. The van der Waals surface area contributed by atoms with Crippen LogP contribution in [0.1, 0.15) is 25.2 Å². The van der Waals surface area contributed by atoms with Gasteiger partial charge in [-0.2, -0.15) is 8.78 Å². The molecule has 4 rings (SSSR count). The molecule has 2 heterocycles. The molecule has 0 radical (unpaired) electrons. The molecule has 0 saturated heterocycles. The molecule has 9 nitrogen and oxygen atoms in total. The van der Waals surface area contributed by atoms with Gasteiger partial charge < -0.3 is 4.42 Å². The van der Waals surface area contributed by atoms with Crippen molar-refractivity contribution in [1.82, 2.24) is 24.1 Å². The van der Waals surface area contributed by atoms with Crippen LogP contribution in [-0.2, 0) is 16.6 Å². The lowest BCUT2D eigenvalue weighted by molar-refractivity contribution is 0.115. The molecule has 2 aromatic heterocycles. The molecule has 168 valence electrons. The molecule has 31 heavy (non-hydrogen) atoms. The zero-order valence-electron chi connectivity index (χ0n) is 15.5. The Labute approximate surface area is 170 Å². The smallest absolute Gasteiger partial charge is 0.337 e. The minimum absolute atomic E-state index is 0.225. The molecule has 1 aliphatic rings. The SMILES string of the molecule is O=c1n(CCF)c2cc(F)c(S(=O)(=O)NC3(CF)CC3)cc2n1-c1nnc(C(F)F)o1. The highest BCUT2D eigenvalue weighted by Gasteiger charge is 2.47. The molecule has 1 aliphatic carbocycles. The molecule has 0 atom stereocenters. The topological polar surface area (TPSA) is 112 Å².